The normalized spacial score (nSPS) is 12.0. The molecule has 0 aliphatic rings. The number of aryl methyl sites for hydroxylation is 2. The molecule has 0 radical (unpaired) electrons. The molecule has 30 heavy (non-hydrogen) atoms. The van der Waals surface area contributed by atoms with Crippen LogP contribution >= 0.6 is 0 Å². The highest BCUT2D eigenvalue weighted by atomic mass is 16.2. The van der Waals surface area contributed by atoms with Gasteiger partial charge in [0.05, 0.1) is 6.54 Å². The van der Waals surface area contributed by atoms with E-state index in [0.29, 0.717) is 19.0 Å². The summed E-state index contributed by atoms with van der Waals surface area (Å²) in [5.41, 5.74) is 2.93. The molecule has 0 unspecified atom stereocenters. The van der Waals surface area contributed by atoms with Gasteiger partial charge in [-0.25, -0.2) is 4.79 Å². The van der Waals surface area contributed by atoms with Crippen LogP contribution in [0.25, 0.3) is 0 Å². The molecule has 0 bridgehead atoms. The fraction of sp³-hybridized carbons (Fsp3) is 0.500. The van der Waals surface area contributed by atoms with Crippen LogP contribution in [0.15, 0.2) is 42.6 Å². The largest absolute Gasteiger partial charge is 0.353 e. The van der Waals surface area contributed by atoms with Crippen LogP contribution in [0.3, 0.4) is 0 Å². The van der Waals surface area contributed by atoms with Crippen molar-refractivity contribution < 1.29 is 9.59 Å². The maximum absolute atomic E-state index is 13.2. The number of rotatable bonds is 9. The summed E-state index contributed by atoms with van der Waals surface area (Å²) in [6.45, 7) is 11.5. The molecule has 0 saturated heterocycles. The third kappa shape index (κ3) is 6.65. The van der Waals surface area contributed by atoms with Crippen LogP contribution in [0.1, 0.15) is 45.4 Å². The van der Waals surface area contributed by atoms with Crippen molar-refractivity contribution in [1.29, 1.82) is 0 Å². The van der Waals surface area contributed by atoms with E-state index >= 15 is 0 Å². The van der Waals surface area contributed by atoms with Gasteiger partial charge in [0, 0.05) is 37.2 Å². The van der Waals surface area contributed by atoms with Crippen LogP contribution in [0.5, 0.6) is 0 Å². The second kappa shape index (κ2) is 10.9. The zero-order chi connectivity index (χ0) is 22.3. The molecular formula is C24H36N4O2. The van der Waals surface area contributed by atoms with E-state index in [1.54, 1.807) is 4.90 Å². The first-order chi connectivity index (χ1) is 14.2. The van der Waals surface area contributed by atoms with Gasteiger partial charge in [0.1, 0.15) is 6.54 Å². The molecule has 1 aromatic carbocycles. The summed E-state index contributed by atoms with van der Waals surface area (Å²) < 4.78 is 2.02. The average molecular weight is 413 g/mol. The van der Waals surface area contributed by atoms with E-state index in [-0.39, 0.29) is 24.5 Å². The van der Waals surface area contributed by atoms with E-state index in [4.69, 9.17) is 0 Å². The van der Waals surface area contributed by atoms with Crippen LogP contribution in [0.2, 0.25) is 0 Å². The number of urea groups is 1. The second-order valence-corrected chi connectivity index (χ2v) is 8.46. The van der Waals surface area contributed by atoms with Gasteiger partial charge in [0.15, 0.2) is 0 Å². The maximum atomic E-state index is 13.2. The second-order valence-electron chi connectivity index (χ2n) is 8.46. The lowest BCUT2D eigenvalue weighted by Crippen LogP contribution is -2.48. The van der Waals surface area contributed by atoms with E-state index in [2.05, 4.69) is 19.2 Å². The number of benzene rings is 1. The fourth-order valence-electron chi connectivity index (χ4n) is 3.28. The van der Waals surface area contributed by atoms with Crippen LogP contribution in [-0.2, 0) is 18.4 Å². The Morgan fingerprint density at radius 3 is 2.30 bits per heavy atom. The summed E-state index contributed by atoms with van der Waals surface area (Å²) in [7, 11) is 1.98. The quantitative estimate of drug-likeness (QED) is 0.652. The fourth-order valence-corrected chi connectivity index (χ4v) is 3.28. The first-order valence-corrected chi connectivity index (χ1v) is 10.7. The molecule has 0 aliphatic carbocycles. The predicted molar refractivity (Wildman–Crippen MR) is 122 cm³/mol. The van der Waals surface area contributed by atoms with Crippen molar-refractivity contribution in [1.82, 2.24) is 14.4 Å². The van der Waals surface area contributed by atoms with E-state index in [0.717, 1.165) is 23.4 Å². The van der Waals surface area contributed by atoms with E-state index in [9.17, 15) is 9.59 Å². The summed E-state index contributed by atoms with van der Waals surface area (Å²) in [5.74, 6) is 0.303. The number of aromatic nitrogens is 1. The Balaban J connectivity index is 2.15. The minimum absolute atomic E-state index is 0.0377. The monoisotopic (exact) mass is 412 g/mol. The molecule has 1 atom stereocenters. The molecule has 1 N–H and O–H groups in total. The molecule has 2 aromatic rings. The molecule has 6 nitrogen and oxygen atoms in total. The summed E-state index contributed by atoms with van der Waals surface area (Å²) in [6, 6.07) is 11.4. The Morgan fingerprint density at radius 2 is 1.77 bits per heavy atom. The van der Waals surface area contributed by atoms with Crippen molar-refractivity contribution in [3.63, 3.8) is 0 Å². The van der Waals surface area contributed by atoms with Gasteiger partial charge in [0.2, 0.25) is 5.91 Å². The highest BCUT2D eigenvalue weighted by Crippen LogP contribution is 2.14. The van der Waals surface area contributed by atoms with Gasteiger partial charge in [-0.05, 0) is 50.5 Å². The number of anilines is 1. The lowest BCUT2D eigenvalue weighted by atomic mass is 10.2. The SMILES string of the molecule is CC[C@H](C)N(CC(=O)N(Cc1cccn1C)CC(C)C)C(=O)Nc1ccc(C)cc1. The predicted octanol–water partition coefficient (Wildman–Crippen LogP) is 4.65. The Hall–Kier alpha value is -2.76. The lowest BCUT2D eigenvalue weighted by molar-refractivity contribution is -0.133. The molecule has 0 fully saturated rings. The van der Waals surface area contributed by atoms with Crippen molar-refractivity contribution in [2.45, 2.75) is 53.6 Å². The molecule has 3 amide bonds. The van der Waals surface area contributed by atoms with Gasteiger partial charge in [-0.3, -0.25) is 4.79 Å². The molecular weight excluding hydrogens is 376 g/mol. The summed E-state index contributed by atoms with van der Waals surface area (Å²) in [5, 5.41) is 2.94. The Morgan fingerprint density at radius 1 is 1.10 bits per heavy atom. The number of carbonyl (C=O) groups is 2. The smallest absolute Gasteiger partial charge is 0.322 e. The molecule has 1 heterocycles. The van der Waals surface area contributed by atoms with Gasteiger partial charge in [0.25, 0.3) is 0 Å². The van der Waals surface area contributed by atoms with E-state index in [1.807, 2.05) is 79.9 Å². The van der Waals surface area contributed by atoms with Crippen LogP contribution in [0.4, 0.5) is 10.5 Å². The van der Waals surface area contributed by atoms with E-state index < -0.39 is 0 Å². The first-order valence-electron chi connectivity index (χ1n) is 10.7. The number of carbonyl (C=O) groups excluding carboxylic acids is 2. The van der Waals surface area contributed by atoms with Crippen molar-refractivity contribution in [2.75, 3.05) is 18.4 Å². The minimum Gasteiger partial charge on any atom is -0.353 e. The van der Waals surface area contributed by atoms with Gasteiger partial charge in [-0.1, -0.05) is 38.5 Å². The Bertz CT molecular complexity index is 826. The van der Waals surface area contributed by atoms with Crippen molar-refractivity contribution in [2.24, 2.45) is 13.0 Å². The highest BCUT2D eigenvalue weighted by molar-refractivity contribution is 5.92. The zero-order valence-electron chi connectivity index (χ0n) is 19.2. The molecule has 0 saturated carbocycles. The average Bonchev–Trinajstić information content (AvgIpc) is 3.10. The molecule has 1 aromatic heterocycles. The third-order valence-corrected chi connectivity index (χ3v) is 5.33. The molecule has 0 aliphatic heterocycles. The molecule has 164 valence electrons. The van der Waals surface area contributed by atoms with Gasteiger partial charge in [-0.15, -0.1) is 0 Å². The number of nitrogens with one attached hydrogen (secondary N) is 1. The third-order valence-electron chi connectivity index (χ3n) is 5.33. The zero-order valence-corrected chi connectivity index (χ0v) is 19.2. The number of hydrogen-bond donors (Lipinski definition) is 1. The lowest BCUT2D eigenvalue weighted by Gasteiger charge is -2.32. The molecule has 2 rings (SSSR count). The first kappa shape index (κ1) is 23.5. The number of amides is 3. The van der Waals surface area contributed by atoms with Crippen molar-refractivity contribution in [3.8, 4) is 0 Å². The van der Waals surface area contributed by atoms with Crippen LogP contribution in [0, 0.1) is 12.8 Å². The number of hydrogen-bond acceptors (Lipinski definition) is 2. The number of nitrogens with zero attached hydrogens (tertiary/aromatic N) is 3. The summed E-state index contributed by atoms with van der Waals surface area (Å²) in [6.07, 6.45) is 2.75. The van der Waals surface area contributed by atoms with Crippen molar-refractivity contribution in [3.05, 3.63) is 53.9 Å². The highest BCUT2D eigenvalue weighted by Gasteiger charge is 2.25. The standard InChI is InChI=1S/C24H36N4O2/c1-7-20(5)28(24(30)25-21-12-10-19(4)11-13-21)17-23(29)27(15-18(2)3)16-22-9-8-14-26(22)6/h8-14,18,20H,7,15-17H2,1-6H3,(H,25,30)/t20-/m0/s1. The van der Waals surface area contributed by atoms with E-state index in [1.165, 1.54) is 0 Å². The Kier molecular flexibility index (Phi) is 8.51. The summed E-state index contributed by atoms with van der Waals surface area (Å²) in [4.78, 5) is 29.7. The van der Waals surface area contributed by atoms with Crippen molar-refractivity contribution >= 4 is 17.6 Å². The maximum Gasteiger partial charge on any atom is 0.322 e. The Labute approximate surface area is 180 Å². The van der Waals surface area contributed by atoms with Crippen LogP contribution in [-0.4, -0.2) is 45.4 Å². The van der Waals surface area contributed by atoms with Crippen LogP contribution < -0.4 is 5.32 Å². The van der Waals surface area contributed by atoms with Gasteiger partial charge in [-0.2, -0.15) is 0 Å². The minimum atomic E-state index is -0.245. The topological polar surface area (TPSA) is 57.6 Å². The molecule has 0 spiro atoms. The van der Waals surface area contributed by atoms with Gasteiger partial charge < -0.3 is 19.7 Å². The van der Waals surface area contributed by atoms with Gasteiger partial charge >= 0.3 is 6.03 Å². The summed E-state index contributed by atoms with van der Waals surface area (Å²) >= 11 is 0. The molecule has 6 heteroatoms.